The van der Waals surface area contributed by atoms with Gasteiger partial charge in [0.2, 0.25) is 5.91 Å². The monoisotopic (exact) mass is 313 g/mol. The van der Waals surface area contributed by atoms with Crippen LogP contribution in [0.5, 0.6) is 0 Å². The second-order valence-corrected chi connectivity index (χ2v) is 5.55. The van der Waals surface area contributed by atoms with E-state index < -0.39 is 17.8 Å². The van der Waals surface area contributed by atoms with Gasteiger partial charge in [-0.25, -0.2) is 0 Å². The van der Waals surface area contributed by atoms with Gasteiger partial charge in [-0.1, -0.05) is 17.7 Å². The molecule has 1 unspecified atom stereocenters. The fraction of sp³-hybridized carbons (Fsp3) is 0.438. The molecule has 1 aliphatic carbocycles. The average molecular weight is 313 g/mol. The van der Waals surface area contributed by atoms with E-state index in [4.69, 9.17) is 0 Å². The van der Waals surface area contributed by atoms with E-state index in [1.54, 1.807) is 0 Å². The summed E-state index contributed by atoms with van der Waals surface area (Å²) >= 11 is 0. The van der Waals surface area contributed by atoms with Gasteiger partial charge in [-0.3, -0.25) is 4.79 Å². The van der Waals surface area contributed by atoms with E-state index in [0.29, 0.717) is 5.92 Å². The Morgan fingerprint density at radius 3 is 2.73 bits per heavy atom. The van der Waals surface area contributed by atoms with Crippen LogP contribution in [0.3, 0.4) is 0 Å². The minimum Gasteiger partial charge on any atom is -0.387 e. The summed E-state index contributed by atoms with van der Waals surface area (Å²) in [6.45, 7) is 1.75. The Hall–Kier alpha value is -1.82. The third kappa shape index (κ3) is 4.59. The molecule has 0 spiro atoms. The van der Waals surface area contributed by atoms with Crippen LogP contribution in [0.4, 0.5) is 13.2 Å². The summed E-state index contributed by atoms with van der Waals surface area (Å²) in [5.41, 5.74) is 0.295. The van der Waals surface area contributed by atoms with Gasteiger partial charge in [0.05, 0.1) is 11.7 Å². The fourth-order valence-corrected chi connectivity index (χ4v) is 2.15. The molecule has 0 bridgehead atoms. The lowest BCUT2D eigenvalue weighted by Gasteiger charge is -2.14. The first-order valence-electron chi connectivity index (χ1n) is 7.08. The molecular weight excluding hydrogens is 295 g/mol. The smallest absolute Gasteiger partial charge is 0.387 e. The molecule has 1 saturated carbocycles. The standard InChI is InChI=1S/C16H18F3NO2/c1-10(11-5-6-11)7-15(22)20-9-14(21)12-3-2-4-13(8-12)16(17,18)19/h2-4,7-8,11,14,21H,5-6,9H2,1H3,(H,20,22)/b10-7-. The summed E-state index contributed by atoms with van der Waals surface area (Å²) < 4.78 is 37.8. The molecule has 3 nitrogen and oxygen atoms in total. The maximum absolute atomic E-state index is 12.6. The molecule has 0 saturated heterocycles. The van der Waals surface area contributed by atoms with Gasteiger partial charge in [0.1, 0.15) is 0 Å². The van der Waals surface area contributed by atoms with Gasteiger partial charge in [0, 0.05) is 12.6 Å². The Bertz CT molecular complexity index is 577. The lowest BCUT2D eigenvalue weighted by molar-refractivity contribution is -0.137. The van der Waals surface area contributed by atoms with Crippen molar-refractivity contribution in [2.75, 3.05) is 6.54 Å². The van der Waals surface area contributed by atoms with Gasteiger partial charge < -0.3 is 10.4 Å². The molecule has 1 aromatic carbocycles. The third-order valence-electron chi connectivity index (χ3n) is 3.65. The Morgan fingerprint density at radius 1 is 1.45 bits per heavy atom. The maximum Gasteiger partial charge on any atom is 0.416 e. The number of hydrogen-bond donors (Lipinski definition) is 2. The molecule has 1 aliphatic rings. The van der Waals surface area contributed by atoms with Crippen molar-refractivity contribution in [3.63, 3.8) is 0 Å². The average Bonchev–Trinajstić information content (AvgIpc) is 3.28. The zero-order valence-electron chi connectivity index (χ0n) is 12.2. The Kier molecular flexibility index (Phi) is 4.90. The van der Waals surface area contributed by atoms with Crippen LogP contribution in [0.15, 0.2) is 35.9 Å². The van der Waals surface area contributed by atoms with Crippen LogP contribution in [0.25, 0.3) is 0 Å². The first-order chi connectivity index (χ1) is 10.3. The molecule has 0 aromatic heterocycles. The predicted octanol–water partition coefficient (Wildman–Crippen LogP) is 3.21. The highest BCUT2D eigenvalue weighted by atomic mass is 19.4. The Labute approximate surface area is 126 Å². The van der Waals surface area contributed by atoms with Crippen molar-refractivity contribution < 1.29 is 23.1 Å². The second-order valence-electron chi connectivity index (χ2n) is 5.55. The number of hydrogen-bond acceptors (Lipinski definition) is 2. The summed E-state index contributed by atoms with van der Waals surface area (Å²) in [5.74, 6) is 0.134. The van der Waals surface area contributed by atoms with Crippen molar-refractivity contribution in [3.8, 4) is 0 Å². The first kappa shape index (κ1) is 16.5. The molecule has 1 atom stereocenters. The van der Waals surface area contributed by atoms with E-state index in [9.17, 15) is 23.1 Å². The van der Waals surface area contributed by atoms with Gasteiger partial charge in [-0.2, -0.15) is 13.2 Å². The topological polar surface area (TPSA) is 49.3 Å². The summed E-state index contributed by atoms with van der Waals surface area (Å²) in [4.78, 5) is 11.7. The number of carbonyl (C=O) groups excluding carboxylic acids is 1. The Morgan fingerprint density at radius 2 is 2.14 bits per heavy atom. The highest BCUT2D eigenvalue weighted by Gasteiger charge is 2.30. The van der Waals surface area contributed by atoms with Crippen molar-refractivity contribution in [1.29, 1.82) is 0 Å². The fourth-order valence-electron chi connectivity index (χ4n) is 2.15. The van der Waals surface area contributed by atoms with Crippen LogP contribution < -0.4 is 5.32 Å². The zero-order chi connectivity index (χ0) is 16.3. The minimum atomic E-state index is -4.46. The highest BCUT2D eigenvalue weighted by Crippen LogP contribution is 2.35. The number of aliphatic hydroxyl groups is 1. The number of rotatable bonds is 5. The second kappa shape index (κ2) is 6.52. The molecule has 0 aliphatic heterocycles. The van der Waals surface area contributed by atoms with Gasteiger partial charge in [-0.15, -0.1) is 0 Å². The van der Waals surface area contributed by atoms with E-state index in [2.05, 4.69) is 5.32 Å². The molecule has 1 fully saturated rings. The summed E-state index contributed by atoms with van der Waals surface area (Å²) in [5, 5.41) is 12.4. The van der Waals surface area contributed by atoms with Crippen LogP contribution in [-0.4, -0.2) is 17.6 Å². The number of alkyl halides is 3. The lowest BCUT2D eigenvalue weighted by atomic mass is 10.1. The van der Waals surface area contributed by atoms with Gasteiger partial charge in [0.25, 0.3) is 0 Å². The van der Waals surface area contributed by atoms with E-state index in [1.165, 1.54) is 18.2 Å². The van der Waals surface area contributed by atoms with Crippen LogP contribution in [0.2, 0.25) is 0 Å². The molecular formula is C16H18F3NO2. The largest absolute Gasteiger partial charge is 0.416 e. The lowest BCUT2D eigenvalue weighted by Crippen LogP contribution is -2.27. The summed E-state index contributed by atoms with van der Waals surface area (Å²) in [6, 6.07) is 4.47. The van der Waals surface area contributed by atoms with E-state index >= 15 is 0 Å². The third-order valence-corrected chi connectivity index (χ3v) is 3.65. The van der Waals surface area contributed by atoms with Gasteiger partial charge in [0.15, 0.2) is 0 Å². The summed E-state index contributed by atoms with van der Waals surface area (Å²) in [6.07, 6.45) is -1.98. The zero-order valence-corrected chi connectivity index (χ0v) is 12.2. The molecule has 1 amide bonds. The molecule has 6 heteroatoms. The van der Waals surface area contributed by atoms with Gasteiger partial charge >= 0.3 is 6.18 Å². The number of benzene rings is 1. The number of amides is 1. The molecule has 22 heavy (non-hydrogen) atoms. The number of nitrogens with one attached hydrogen (secondary N) is 1. The van der Waals surface area contributed by atoms with Crippen molar-refractivity contribution in [1.82, 2.24) is 5.32 Å². The molecule has 2 rings (SSSR count). The van der Waals surface area contributed by atoms with E-state index in [1.807, 2.05) is 6.92 Å². The van der Waals surface area contributed by atoms with Crippen LogP contribution >= 0.6 is 0 Å². The molecule has 1 aromatic rings. The van der Waals surface area contributed by atoms with Crippen LogP contribution in [0.1, 0.15) is 37.0 Å². The highest BCUT2D eigenvalue weighted by molar-refractivity contribution is 5.88. The van der Waals surface area contributed by atoms with Crippen molar-refractivity contribution in [2.45, 2.75) is 32.0 Å². The van der Waals surface area contributed by atoms with Crippen molar-refractivity contribution in [2.24, 2.45) is 5.92 Å². The molecule has 0 radical (unpaired) electrons. The molecule has 120 valence electrons. The SMILES string of the molecule is C/C(=C/C(=O)NCC(O)c1cccc(C(F)(F)F)c1)C1CC1. The number of aliphatic hydroxyl groups excluding tert-OH is 1. The van der Waals surface area contributed by atoms with Crippen molar-refractivity contribution in [3.05, 3.63) is 47.0 Å². The number of carbonyl (C=O) groups is 1. The number of allylic oxidation sites excluding steroid dienone is 1. The summed E-state index contributed by atoms with van der Waals surface area (Å²) in [7, 11) is 0. The molecule has 2 N–H and O–H groups in total. The predicted molar refractivity (Wildman–Crippen MR) is 75.9 cm³/mol. The normalized spacial score (nSPS) is 17.2. The van der Waals surface area contributed by atoms with Crippen molar-refractivity contribution >= 4 is 5.91 Å². The minimum absolute atomic E-state index is 0.123. The quantitative estimate of drug-likeness (QED) is 0.820. The number of halogens is 3. The van der Waals surface area contributed by atoms with Gasteiger partial charge in [-0.05, 0) is 43.4 Å². The molecule has 0 heterocycles. The Balaban J connectivity index is 1.93. The first-order valence-corrected chi connectivity index (χ1v) is 7.08. The van der Waals surface area contributed by atoms with Crippen LogP contribution in [-0.2, 0) is 11.0 Å². The van der Waals surface area contributed by atoms with E-state index in [0.717, 1.165) is 30.5 Å². The van der Waals surface area contributed by atoms with E-state index in [-0.39, 0.29) is 18.0 Å². The van der Waals surface area contributed by atoms with Crippen LogP contribution in [0, 0.1) is 5.92 Å². The maximum atomic E-state index is 12.6.